The van der Waals surface area contributed by atoms with Crippen LogP contribution in [0.3, 0.4) is 0 Å². The predicted molar refractivity (Wildman–Crippen MR) is 226 cm³/mol. The van der Waals surface area contributed by atoms with Gasteiger partial charge in [0.25, 0.3) is 0 Å². The van der Waals surface area contributed by atoms with Gasteiger partial charge < -0.3 is 19.7 Å². The third-order valence-corrected chi connectivity index (χ3v) is 16.3. The predicted octanol–water partition coefficient (Wildman–Crippen LogP) is 12.3. The maximum atomic E-state index is 14.4. The van der Waals surface area contributed by atoms with Crippen molar-refractivity contribution in [2.75, 3.05) is 19.8 Å². The van der Waals surface area contributed by atoms with Gasteiger partial charge in [0, 0.05) is 22.7 Å². The van der Waals surface area contributed by atoms with Crippen LogP contribution in [0.4, 0.5) is 8.78 Å². The number of halogens is 2. The van der Waals surface area contributed by atoms with E-state index in [9.17, 15) is 13.9 Å². The molecule has 0 saturated carbocycles. The highest BCUT2D eigenvalue weighted by atomic mass is 32.2. The first-order valence-corrected chi connectivity index (χ1v) is 23.8. The van der Waals surface area contributed by atoms with Gasteiger partial charge in [-0.05, 0) is 54.7 Å². The van der Waals surface area contributed by atoms with Crippen LogP contribution in [-0.4, -0.2) is 68.1 Å². The lowest BCUT2D eigenvalue weighted by molar-refractivity contribution is 0.0789. The monoisotopic (exact) mass is 800 g/mol. The van der Waals surface area contributed by atoms with Crippen LogP contribution < -0.4 is 9.47 Å². The number of hydrogen-bond donors (Lipinski definition) is 2. The van der Waals surface area contributed by atoms with Gasteiger partial charge in [-0.1, -0.05) is 116 Å². The van der Waals surface area contributed by atoms with E-state index in [0.29, 0.717) is 11.0 Å². The fraction of sp³-hybridized carbons (Fsp3) is 0.714. The molecule has 4 rings (SSSR count). The van der Waals surface area contributed by atoms with E-state index >= 15 is 0 Å². The van der Waals surface area contributed by atoms with Gasteiger partial charge in [0.15, 0.2) is 0 Å². The van der Waals surface area contributed by atoms with E-state index in [4.69, 9.17) is 14.6 Å². The molecule has 4 nitrogen and oxygen atoms in total. The molecular formula is C42H66F2O4S4. The molecule has 8 atom stereocenters. The number of rotatable bonds is 24. The highest BCUT2D eigenvalue weighted by molar-refractivity contribution is 8.17. The molecule has 2 aromatic carbocycles. The Morgan fingerprint density at radius 3 is 1.44 bits per heavy atom. The second-order valence-electron chi connectivity index (χ2n) is 14.1. The molecular weight excluding hydrogens is 735 g/mol. The molecule has 10 heteroatoms. The summed E-state index contributed by atoms with van der Waals surface area (Å²) in [6.45, 7) is 10.1. The number of aliphatic hydroxyl groups is 2. The number of alkyl halides is 2. The standard InChI is InChI=1S/C22H35FOS2.C20H31FO3S2/c1-4-6-7-8-9-10-15-24-19-13-11-18(12-14-19)16-25-22-21(23)17(3)20(5-2)26-22;1-2-3-4-5-6-7-12-24-16-10-8-15(9-11-16)14-25-20-18(21)19(23)17(13-22)26-20/h11-14,17,20-22H,4-10,15-16H2,1-3H3;8-11,17-20,22-23H,2-7,12-14H2,1H3/t17-,20-,21+,22+;17-,18+,19-,20+/m11/s1. The largest absolute Gasteiger partial charge is 0.494 e. The normalized spacial score (nSPS) is 25.5. The molecule has 0 spiro atoms. The van der Waals surface area contributed by atoms with Gasteiger partial charge in [-0.15, -0.1) is 47.0 Å². The number of ether oxygens (including phenoxy) is 2. The van der Waals surface area contributed by atoms with Crippen molar-refractivity contribution in [2.24, 2.45) is 5.92 Å². The molecule has 52 heavy (non-hydrogen) atoms. The Bertz CT molecular complexity index is 1090. The third-order valence-electron chi connectivity index (χ3n) is 9.72. The molecule has 0 amide bonds. The molecule has 2 N–H and O–H groups in total. The SMILES string of the molecule is CCCCCCCCOc1ccc(CS[C@H]2S[C@H](CC)[C@@H](C)[C@@H]2F)cc1.CCCCCCCCOc1ccc(CS[C@H]2S[C@H](CO)[C@@H](O)[C@@H]2F)cc1. The van der Waals surface area contributed by atoms with Crippen molar-refractivity contribution in [2.45, 2.75) is 161 Å². The lowest BCUT2D eigenvalue weighted by Crippen LogP contribution is -2.29. The summed E-state index contributed by atoms with van der Waals surface area (Å²) >= 11 is 6.40. The van der Waals surface area contributed by atoms with E-state index in [1.54, 1.807) is 11.8 Å². The zero-order valence-corrected chi connectivity index (χ0v) is 35.3. The van der Waals surface area contributed by atoms with Crippen molar-refractivity contribution in [1.29, 1.82) is 0 Å². The molecule has 0 bridgehead atoms. The second kappa shape index (κ2) is 26.9. The quantitative estimate of drug-likeness (QED) is 0.102. The van der Waals surface area contributed by atoms with E-state index in [2.05, 4.69) is 52.0 Å². The van der Waals surface area contributed by atoms with Gasteiger partial charge in [0.2, 0.25) is 0 Å². The Morgan fingerprint density at radius 2 is 1.04 bits per heavy atom. The summed E-state index contributed by atoms with van der Waals surface area (Å²) in [4.78, 5) is 0. The average Bonchev–Trinajstić information content (AvgIpc) is 3.61. The van der Waals surface area contributed by atoms with Crippen LogP contribution in [0.1, 0.15) is 122 Å². The van der Waals surface area contributed by atoms with Crippen molar-refractivity contribution in [3.63, 3.8) is 0 Å². The summed E-state index contributed by atoms with van der Waals surface area (Å²) in [7, 11) is 0. The topological polar surface area (TPSA) is 58.9 Å². The van der Waals surface area contributed by atoms with Gasteiger partial charge in [-0.25, -0.2) is 8.78 Å². The Balaban J connectivity index is 0.000000280. The zero-order valence-electron chi connectivity index (χ0n) is 32.1. The number of unbranched alkanes of at least 4 members (excludes halogenated alkanes) is 10. The van der Waals surface area contributed by atoms with Gasteiger partial charge >= 0.3 is 0 Å². The fourth-order valence-corrected chi connectivity index (χ4v) is 12.4. The van der Waals surface area contributed by atoms with Crippen LogP contribution in [0.5, 0.6) is 11.5 Å². The number of benzene rings is 2. The maximum Gasteiger partial charge on any atom is 0.148 e. The molecule has 2 saturated heterocycles. The third kappa shape index (κ3) is 16.5. The highest BCUT2D eigenvalue weighted by Gasteiger charge is 2.43. The van der Waals surface area contributed by atoms with Crippen LogP contribution in [0.15, 0.2) is 48.5 Å². The first kappa shape index (κ1) is 45.6. The van der Waals surface area contributed by atoms with Gasteiger partial charge in [0.05, 0.1) is 34.2 Å². The van der Waals surface area contributed by atoms with Crippen molar-refractivity contribution < 1.29 is 28.5 Å². The van der Waals surface area contributed by atoms with Crippen molar-refractivity contribution in [3.8, 4) is 11.5 Å². The minimum Gasteiger partial charge on any atom is -0.494 e. The van der Waals surface area contributed by atoms with Crippen LogP contribution >= 0.6 is 47.0 Å². The Hall–Kier alpha value is -0.780. The van der Waals surface area contributed by atoms with Gasteiger partial charge in [-0.3, -0.25) is 0 Å². The van der Waals surface area contributed by atoms with E-state index in [1.165, 1.54) is 93.3 Å². The summed E-state index contributed by atoms with van der Waals surface area (Å²) in [6.07, 6.45) is 13.2. The molecule has 0 aromatic heterocycles. The van der Waals surface area contributed by atoms with Crippen LogP contribution in [0.2, 0.25) is 0 Å². The maximum absolute atomic E-state index is 14.4. The first-order valence-electron chi connectivity index (χ1n) is 19.9. The molecule has 0 aliphatic carbocycles. The van der Waals surface area contributed by atoms with Crippen LogP contribution in [-0.2, 0) is 11.5 Å². The Labute approximate surface area is 331 Å². The minimum absolute atomic E-state index is 0.0820. The van der Waals surface area contributed by atoms with E-state index in [0.717, 1.165) is 55.3 Å². The zero-order chi connectivity index (χ0) is 37.6. The first-order chi connectivity index (χ1) is 25.3. The van der Waals surface area contributed by atoms with Crippen LogP contribution in [0, 0.1) is 5.92 Å². The van der Waals surface area contributed by atoms with Crippen molar-refractivity contribution in [3.05, 3.63) is 59.7 Å². The Morgan fingerprint density at radius 1 is 0.615 bits per heavy atom. The van der Waals surface area contributed by atoms with Crippen LogP contribution in [0.25, 0.3) is 0 Å². The molecule has 2 fully saturated rings. The molecule has 0 unspecified atom stereocenters. The fourth-order valence-electron chi connectivity index (χ4n) is 6.26. The number of hydrogen-bond acceptors (Lipinski definition) is 8. The van der Waals surface area contributed by atoms with E-state index in [-0.39, 0.29) is 21.7 Å². The van der Waals surface area contributed by atoms with Gasteiger partial charge in [0.1, 0.15) is 29.9 Å². The molecule has 2 aliphatic rings. The highest BCUT2D eigenvalue weighted by Crippen LogP contribution is 2.47. The van der Waals surface area contributed by atoms with Crippen molar-refractivity contribution >= 4 is 47.0 Å². The van der Waals surface area contributed by atoms with E-state index < -0.39 is 23.7 Å². The van der Waals surface area contributed by atoms with Crippen molar-refractivity contribution in [1.82, 2.24) is 0 Å². The average molecular weight is 801 g/mol. The summed E-state index contributed by atoms with van der Waals surface area (Å²) < 4.78 is 39.8. The molecule has 2 aromatic rings. The van der Waals surface area contributed by atoms with Gasteiger partial charge in [-0.2, -0.15) is 0 Å². The number of thioether (sulfide) groups is 4. The summed E-state index contributed by atoms with van der Waals surface area (Å²) in [5.41, 5.74) is 2.36. The minimum atomic E-state index is -1.29. The van der Waals surface area contributed by atoms with E-state index in [1.807, 2.05) is 36.0 Å². The lowest BCUT2D eigenvalue weighted by Gasteiger charge is -2.13. The smallest absolute Gasteiger partial charge is 0.148 e. The summed E-state index contributed by atoms with van der Waals surface area (Å²) in [6, 6.07) is 16.3. The molecule has 0 radical (unpaired) electrons. The summed E-state index contributed by atoms with van der Waals surface area (Å²) in [5.74, 6) is 3.56. The lowest BCUT2D eigenvalue weighted by atomic mass is 10.0. The molecule has 296 valence electrons. The Kier molecular flexibility index (Phi) is 23.6. The second-order valence-corrected chi connectivity index (χ2v) is 19.7. The number of aliphatic hydroxyl groups excluding tert-OH is 2. The summed E-state index contributed by atoms with van der Waals surface area (Å²) in [5, 5.41) is 19.0. The molecule has 2 aliphatic heterocycles. The molecule has 2 heterocycles.